The lowest BCUT2D eigenvalue weighted by Gasteiger charge is -2.31. The molecule has 7 nitrogen and oxygen atoms in total. The van der Waals surface area contributed by atoms with Gasteiger partial charge in [0, 0.05) is 23.3 Å². The van der Waals surface area contributed by atoms with E-state index in [0.717, 1.165) is 25.7 Å². The quantitative estimate of drug-likeness (QED) is 0.668. The Bertz CT molecular complexity index is 847. The van der Waals surface area contributed by atoms with Gasteiger partial charge in [0.25, 0.3) is 0 Å². The van der Waals surface area contributed by atoms with Crippen molar-refractivity contribution >= 4 is 23.4 Å². The van der Waals surface area contributed by atoms with Gasteiger partial charge in [-0.1, -0.05) is 31.0 Å². The Morgan fingerprint density at radius 1 is 1.15 bits per heavy atom. The van der Waals surface area contributed by atoms with Crippen molar-refractivity contribution in [1.29, 1.82) is 0 Å². The van der Waals surface area contributed by atoms with Crippen LogP contribution < -0.4 is 10.6 Å². The number of amides is 3. The van der Waals surface area contributed by atoms with E-state index in [1.165, 1.54) is 4.90 Å². The number of hydrogen-bond acceptors (Lipinski definition) is 5. The lowest BCUT2D eigenvalue weighted by atomic mass is 9.76. The van der Waals surface area contributed by atoms with Crippen molar-refractivity contribution in [2.75, 3.05) is 5.32 Å². The number of benzene rings is 1. The second-order valence-corrected chi connectivity index (χ2v) is 8.21. The SMILES string of the molecule is C[C@@H](O)[C@H]1N[C@]2(C(=O)Nc3ccccc32)[C@@H]2C(=O)N(C3CCCC3)C(=O)[C@H]12. The summed E-state index contributed by atoms with van der Waals surface area (Å²) in [7, 11) is 0. The van der Waals surface area contributed by atoms with Crippen molar-refractivity contribution < 1.29 is 19.5 Å². The second-order valence-electron chi connectivity index (χ2n) is 8.21. The van der Waals surface area contributed by atoms with Crippen LogP contribution in [0.2, 0.25) is 0 Å². The lowest BCUT2D eigenvalue weighted by molar-refractivity contribution is -0.145. The fraction of sp³-hybridized carbons (Fsp3) is 0.550. The van der Waals surface area contributed by atoms with Gasteiger partial charge in [-0.05, 0) is 25.8 Å². The van der Waals surface area contributed by atoms with Crippen LogP contribution in [0.15, 0.2) is 24.3 Å². The maximum atomic E-state index is 13.5. The molecule has 142 valence electrons. The third-order valence-electron chi connectivity index (χ3n) is 6.80. The number of rotatable bonds is 2. The maximum Gasteiger partial charge on any atom is 0.250 e. The Morgan fingerprint density at radius 3 is 2.56 bits per heavy atom. The zero-order valence-electron chi connectivity index (χ0n) is 15.1. The highest BCUT2D eigenvalue weighted by atomic mass is 16.3. The molecule has 0 aromatic heterocycles. The van der Waals surface area contributed by atoms with E-state index in [-0.39, 0.29) is 23.8 Å². The van der Waals surface area contributed by atoms with E-state index in [4.69, 9.17) is 0 Å². The van der Waals surface area contributed by atoms with Gasteiger partial charge < -0.3 is 10.4 Å². The average molecular weight is 369 g/mol. The van der Waals surface area contributed by atoms with E-state index in [2.05, 4.69) is 10.6 Å². The summed E-state index contributed by atoms with van der Waals surface area (Å²) in [5, 5.41) is 16.4. The molecule has 3 heterocycles. The van der Waals surface area contributed by atoms with Gasteiger partial charge >= 0.3 is 0 Å². The summed E-state index contributed by atoms with van der Waals surface area (Å²) < 4.78 is 0. The Kier molecular flexibility index (Phi) is 3.52. The molecular formula is C20H23N3O4. The number of likely N-dealkylation sites (tertiary alicyclic amines) is 1. The van der Waals surface area contributed by atoms with Crippen LogP contribution in [0.1, 0.15) is 38.2 Å². The zero-order chi connectivity index (χ0) is 18.9. The molecule has 0 unspecified atom stereocenters. The summed E-state index contributed by atoms with van der Waals surface area (Å²) in [5.41, 5.74) is 0.0327. The molecule has 5 rings (SSSR count). The number of para-hydroxylation sites is 1. The minimum absolute atomic E-state index is 0.0815. The Morgan fingerprint density at radius 2 is 1.85 bits per heavy atom. The third kappa shape index (κ3) is 2.01. The molecule has 3 N–H and O–H groups in total. The van der Waals surface area contributed by atoms with Crippen LogP contribution in [0.25, 0.3) is 0 Å². The third-order valence-corrected chi connectivity index (χ3v) is 6.80. The van der Waals surface area contributed by atoms with Gasteiger partial charge in [-0.2, -0.15) is 0 Å². The van der Waals surface area contributed by atoms with E-state index in [0.29, 0.717) is 11.3 Å². The molecule has 3 fully saturated rings. The number of nitrogens with one attached hydrogen (secondary N) is 2. The van der Waals surface area contributed by atoms with Crippen molar-refractivity contribution in [2.24, 2.45) is 11.8 Å². The summed E-state index contributed by atoms with van der Waals surface area (Å²) in [4.78, 5) is 41.3. The first-order valence-corrected chi connectivity index (χ1v) is 9.70. The van der Waals surface area contributed by atoms with Gasteiger partial charge in [-0.25, -0.2) is 0 Å². The predicted octanol–water partition coefficient (Wildman–Crippen LogP) is 0.730. The van der Waals surface area contributed by atoms with Crippen LogP contribution in [-0.4, -0.2) is 45.9 Å². The van der Waals surface area contributed by atoms with Crippen LogP contribution in [0.5, 0.6) is 0 Å². The number of anilines is 1. The summed E-state index contributed by atoms with van der Waals surface area (Å²) >= 11 is 0. The normalized spacial score (nSPS) is 36.4. The number of nitrogens with zero attached hydrogens (tertiary/aromatic N) is 1. The number of aliphatic hydroxyl groups is 1. The summed E-state index contributed by atoms with van der Waals surface area (Å²) in [6.07, 6.45) is 2.78. The predicted molar refractivity (Wildman–Crippen MR) is 96.4 cm³/mol. The molecule has 3 aliphatic heterocycles. The molecule has 0 radical (unpaired) electrons. The molecule has 27 heavy (non-hydrogen) atoms. The van der Waals surface area contributed by atoms with E-state index in [1.807, 2.05) is 18.2 Å². The van der Waals surface area contributed by atoms with Crippen LogP contribution in [0, 0.1) is 11.8 Å². The summed E-state index contributed by atoms with van der Waals surface area (Å²) in [6.45, 7) is 1.60. The summed E-state index contributed by atoms with van der Waals surface area (Å²) in [6, 6.07) is 6.53. The van der Waals surface area contributed by atoms with Crippen molar-refractivity contribution in [3.8, 4) is 0 Å². The minimum atomic E-state index is -1.30. The molecule has 3 amide bonds. The van der Waals surface area contributed by atoms with Gasteiger partial charge in [0.05, 0.1) is 17.9 Å². The Hall–Kier alpha value is -2.25. The van der Waals surface area contributed by atoms with Gasteiger partial charge in [0.15, 0.2) is 0 Å². The van der Waals surface area contributed by atoms with E-state index in [1.54, 1.807) is 13.0 Å². The zero-order valence-corrected chi connectivity index (χ0v) is 15.1. The summed E-state index contributed by atoms with van der Waals surface area (Å²) in [5.74, 6) is -2.40. The smallest absolute Gasteiger partial charge is 0.250 e. The maximum absolute atomic E-state index is 13.5. The molecule has 1 saturated carbocycles. The van der Waals surface area contributed by atoms with Crippen LogP contribution in [0.4, 0.5) is 5.69 Å². The average Bonchev–Trinajstić information content (AvgIpc) is 3.37. The Balaban J connectivity index is 1.66. The van der Waals surface area contributed by atoms with Crippen molar-refractivity contribution in [1.82, 2.24) is 10.2 Å². The van der Waals surface area contributed by atoms with E-state index < -0.39 is 29.5 Å². The van der Waals surface area contributed by atoms with Crippen LogP contribution >= 0.6 is 0 Å². The number of fused-ring (bicyclic) bond motifs is 4. The first kappa shape index (κ1) is 16.9. The molecule has 4 aliphatic rings. The highest BCUT2D eigenvalue weighted by Crippen LogP contribution is 2.54. The van der Waals surface area contributed by atoms with Gasteiger partial charge in [0.2, 0.25) is 17.7 Å². The molecule has 2 saturated heterocycles. The van der Waals surface area contributed by atoms with Crippen molar-refractivity contribution in [3.63, 3.8) is 0 Å². The topological polar surface area (TPSA) is 98.7 Å². The second kappa shape index (κ2) is 5.62. The molecular weight excluding hydrogens is 346 g/mol. The largest absolute Gasteiger partial charge is 0.392 e. The number of carbonyl (C=O) groups is 3. The first-order valence-electron chi connectivity index (χ1n) is 9.70. The van der Waals surface area contributed by atoms with Gasteiger partial charge in [-0.3, -0.25) is 24.6 Å². The molecule has 1 aromatic rings. The number of hydrogen-bond donors (Lipinski definition) is 3. The van der Waals surface area contributed by atoms with Gasteiger partial charge in [0.1, 0.15) is 5.54 Å². The molecule has 1 aromatic carbocycles. The lowest BCUT2D eigenvalue weighted by Crippen LogP contribution is -2.55. The number of carbonyl (C=O) groups excluding carboxylic acids is 3. The molecule has 5 atom stereocenters. The molecule has 1 aliphatic carbocycles. The van der Waals surface area contributed by atoms with E-state index in [9.17, 15) is 19.5 Å². The van der Waals surface area contributed by atoms with Crippen molar-refractivity contribution in [2.45, 2.75) is 56.3 Å². The van der Waals surface area contributed by atoms with Gasteiger partial charge in [-0.15, -0.1) is 0 Å². The molecule has 7 heteroatoms. The van der Waals surface area contributed by atoms with Crippen LogP contribution in [-0.2, 0) is 19.9 Å². The molecule has 1 spiro atoms. The Labute approximate surface area is 157 Å². The first-order chi connectivity index (χ1) is 13.0. The monoisotopic (exact) mass is 369 g/mol. The fourth-order valence-corrected chi connectivity index (χ4v) is 5.65. The molecule has 0 bridgehead atoms. The fourth-order valence-electron chi connectivity index (χ4n) is 5.65. The highest BCUT2D eigenvalue weighted by Gasteiger charge is 2.71. The van der Waals surface area contributed by atoms with Crippen LogP contribution in [0.3, 0.4) is 0 Å². The highest BCUT2D eigenvalue weighted by molar-refractivity contribution is 6.15. The standard InChI is InChI=1S/C20H23N3O4/c1-10(24)16-14-15(18(26)23(17(14)25)11-6-2-3-7-11)20(22-16)12-8-4-5-9-13(12)21-19(20)27/h4-5,8-11,14-16,22,24H,2-3,6-7H2,1H3,(H,21,27)/t10-,14+,15+,16-,20+/m1/s1. The number of aliphatic hydroxyl groups excluding tert-OH is 1. The number of imide groups is 1. The minimum Gasteiger partial charge on any atom is -0.392 e. The van der Waals surface area contributed by atoms with Crippen molar-refractivity contribution in [3.05, 3.63) is 29.8 Å². The van der Waals surface area contributed by atoms with E-state index >= 15 is 0 Å².